The van der Waals surface area contributed by atoms with Gasteiger partial charge in [-0.2, -0.15) is 0 Å². The summed E-state index contributed by atoms with van der Waals surface area (Å²) in [5.74, 6) is 0. The summed E-state index contributed by atoms with van der Waals surface area (Å²) in [6.45, 7) is 0. The van der Waals surface area contributed by atoms with Gasteiger partial charge in [0.2, 0.25) is 0 Å². The number of aromatic nitrogens is 1. The molecular weight excluding hydrogens is 293 g/mol. The fraction of sp³-hybridized carbons (Fsp3) is 0.167. The largest absolute Gasteiger partial charge is 0.263 e. The van der Waals surface area contributed by atoms with Gasteiger partial charge in [-0.05, 0) is 34.2 Å². The van der Waals surface area contributed by atoms with Gasteiger partial charge in [-0.1, -0.05) is 15.9 Å². The van der Waals surface area contributed by atoms with Crippen molar-refractivity contribution in [2.75, 3.05) is 0 Å². The number of pyridine rings is 1. The van der Waals surface area contributed by atoms with E-state index in [0.717, 1.165) is 5.33 Å². The molecule has 0 amide bonds. The monoisotopic (exact) mass is 297 g/mol. The van der Waals surface area contributed by atoms with Gasteiger partial charge in [-0.15, -0.1) is 0 Å². The second-order valence-corrected chi connectivity index (χ2v) is 3.45. The Labute approximate surface area is 76.1 Å². The van der Waals surface area contributed by atoms with Crippen molar-refractivity contribution < 1.29 is 0 Å². The van der Waals surface area contributed by atoms with E-state index in [1.807, 2.05) is 12.4 Å². The number of nitrogens with zero attached hydrogens (tertiary/aromatic N) is 1. The van der Waals surface area contributed by atoms with Gasteiger partial charge in [0.15, 0.2) is 0 Å². The molecule has 1 heterocycles. The van der Waals surface area contributed by atoms with Crippen LogP contribution >= 0.6 is 38.5 Å². The molecule has 0 aromatic carbocycles. The van der Waals surface area contributed by atoms with Crippen LogP contribution in [-0.4, -0.2) is 4.98 Å². The van der Waals surface area contributed by atoms with Gasteiger partial charge in [0.25, 0.3) is 0 Å². The van der Waals surface area contributed by atoms with Crippen molar-refractivity contribution in [1.82, 2.24) is 4.98 Å². The Hall–Kier alpha value is 0.360. The molecule has 0 aliphatic rings. The summed E-state index contributed by atoms with van der Waals surface area (Å²) in [7, 11) is 0. The summed E-state index contributed by atoms with van der Waals surface area (Å²) in [5, 5.41) is 0.886. The maximum Gasteiger partial charge on any atom is 0.0401 e. The van der Waals surface area contributed by atoms with Crippen LogP contribution in [0.15, 0.2) is 18.5 Å². The zero-order valence-electron chi connectivity index (χ0n) is 4.64. The second-order valence-electron chi connectivity index (χ2n) is 1.65. The van der Waals surface area contributed by atoms with Gasteiger partial charge in [-0.3, -0.25) is 4.98 Å². The average molecular weight is 298 g/mol. The minimum atomic E-state index is 0.886. The first-order valence-electron chi connectivity index (χ1n) is 2.48. The Morgan fingerprint density at radius 1 is 1.56 bits per heavy atom. The third kappa shape index (κ3) is 2.21. The number of rotatable bonds is 1. The smallest absolute Gasteiger partial charge is 0.0401 e. The summed E-state index contributed by atoms with van der Waals surface area (Å²) in [4.78, 5) is 4.02. The Kier molecular flexibility index (Phi) is 2.91. The van der Waals surface area contributed by atoms with Crippen molar-refractivity contribution in [3.05, 3.63) is 27.6 Å². The van der Waals surface area contributed by atoms with Gasteiger partial charge in [0, 0.05) is 21.3 Å². The highest BCUT2D eigenvalue weighted by atomic mass is 127. The lowest BCUT2D eigenvalue weighted by atomic mass is 10.3. The molecule has 48 valence electrons. The maximum absolute atomic E-state index is 4.02. The van der Waals surface area contributed by atoms with Crippen molar-refractivity contribution >= 4 is 38.5 Å². The van der Waals surface area contributed by atoms with Gasteiger partial charge in [-0.25, -0.2) is 0 Å². The first kappa shape index (κ1) is 7.47. The van der Waals surface area contributed by atoms with E-state index in [1.165, 1.54) is 9.13 Å². The van der Waals surface area contributed by atoms with Crippen molar-refractivity contribution in [2.24, 2.45) is 0 Å². The molecule has 1 nitrogen and oxygen atoms in total. The Morgan fingerprint density at radius 3 is 2.78 bits per heavy atom. The van der Waals surface area contributed by atoms with Crippen LogP contribution in [0, 0.1) is 3.57 Å². The lowest BCUT2D eigenvalue weighted by Gasteiger charge is -1.92. The Morgan fingerprint density at radius 2 is 2.33 bits per heavy atom. The zero-order chi connectivity index (χ0) is 6.69. The molecule has 9 heavy (non-hydrogen) atoms. The van der Waals surface area contributed by atoms with E-state index < -0.39 is 0 Å². The van der Waals surface area contributed by atoms with Crippen LogP contribution in [0.3, 0.4) is 0 Å². The molecule has 0 saturated heterocycles. The summed E-state index contributed by atoms with van der Waals surface area (Å²) in [6.07, 6.45) is 3.70. The fourth-order valence-electron chi connectivity index (χ4n) is 0.529. The predicted octanol–water partition coefficient (Wildman–Crippen LogP) is 2.58. The highest BCUT2D eigenvalue weighted by Gasteiger charge is 1.89. The quantitative estimate of drug-likeness (QED) is 0.573. The van der Waals surface area contributed by atoms with Crippen LogP contribution in [0.25, 0.3) is 0 Å². The van der Waals surface area contributed by atoms with Crippen LogP contribution in [0.2, 0.25) is 0 Å². The Bertz CT molecular complexity index is 202. The van der Waals surface area contributed by atoms with E-state index in [9.17, 15) is 0 Å². The first-order valence-corrected chi connectivity index (χ1v) is 4.68. The summed E-state index contributed by atoms with van der Waals surface area (Å²) < 4.78 is 1.18. The lowest BCUT2D eigenvalue weighted by Crippen LogP contribution is -1.80. The Balaban J connectivity index is 2.94. The highest BCUT2D eigenvalue weighted by Crippen LogP contribution is 2.07. The number of hydrogen-bond acceptors (Lipinski definition) is 1. The van der Waals surface area contributed by atoms with Gasteiger partial charge in [0.05, 0.1) is 0 Å². The minimum Gasteiger partial charge on any atom is -0.263 e. The zero-order valence-corrected chi connectivity index (χ0v) is 8.39. The van der Waals surface area contributed by atoms with Gasteiger partial charge >= 0.3 is 0 Å². The predicted molar refractivity (Wildman–Crippen MR) is 49.6 cm³/mol. The molecule has 0 N–H and O–H groups in total. The van der Waals surface area contributed by atoms with Crippen LogP contribution < -0.4 is 0 Å². The fourth-order valence-corrected chi connectivity index (χ4v) is 1.40. The van der Waals surface area contributed by atoms with Crippen LogP contribution in [0.1, 0.15) is 5.56 Å². The number of hydrogen-bond donors (Lipinski definition) is 0. The van der Waals surface area contributed by atoms with Crippen LogP contribution in [0.5, 0.6) is 0 Å². The second kappa shape index (κ2) is 3.51. The van der Waals surface area contributed by atoms with Crippen molar-refractivity contribution in [3.63, 3.8) is 0 Å². The average Bonchev–Trinajstić information content (AvgIpc) is 1.88. The van der Waals surface area contributed by atoms with Crippen molar-refractivity contribution in [2.45, 2.75) is 5.33 Å². The standard InChI is InChI=1S/C6H5BrIN/c7-2-5-1-6(8)4-9-3-5/h1,3-4H,2H2. The van der Waals surface area contributed by atoms with Crippen molar-refractivity contribution in [3.8, 4) is 0 Å². The van der Waals surface area contributed by atoms with E-state index >= 15 is 0 Å². The van der Waals surface area contributed by atoms with Crippen molar-refractivity contribution in [1.29, 1.82) is 0 Å². The molecule has 0 bridgehead atoms. The lowest BCUT2D eigenvalue weighted by molar-refractivity contribution is 1.24. The minimum absolute atomic E-state index is 0.886. The SMILES string of the molecule is BrCc1cncc(I)c1. The molecule has 0 radical (unpaired) electrons. The molecule has 0 fully saturated rings. The molecular formula is C6H5BrIN. The molecule has 0 spiro atoms. The van der Waals surface area contributed by atoms with E-state index in [1.54, 1.807) is 0 Å². The molecule has 0 unspecified atom stereocenters. The van der Waals surface area contributed by atoms with E-state index in [2.05, 4.69) is 49.6 Å². The molecule has 1 aromatic rings. The number of alkyl halides is 1. The highest BCUT2D eigenvalue weighted by molar-refractivity contribution is 14.1. The molecule has 0 aliphatic carbocycles. The van der Waals surface area contributed by atoms with E-state index in [4.69, 9.17) is 0 Å². The molecule has 1 rings (SSSR count). The van der Waals surface area contributed by atoms with Crippen LogP contribution in [0.4, 0.5) is 0 Å². The third-order valence-corrected chi connectivity index (χ3v) is 2.15. The first-order chi connectivity index (χ1) is 4.33. The summed E-state index contributed by atoms with van der Waals surface area (Å²) in [5.41, 5.74) is 1.22. The summed E-state index contributed by atoms with van der Waals surface area (Å²) in [6, 6.07) is 2.10. The maximum atomic E-state index is 4.02. The molecule has 0 atom stereocenters. The number of halogens is 2. The van der Waals surface area contributed by atoms with Gasteiger partial charge in [0.1, 0.15) is 0 Å². The van der Waals surface area contributed by atoms with Crippen LogP contribution in [-0.2, 0) is 5.33 Å². The van der Waals surface area contributed by atoms with E-state index in [0.29, 0.717) is 0 Å². The third-order valence-electron chi connectivity index (χ3n) is 0.916. The normalized spacial score (nSPS) is 9.56. The molecule has 1 aromatic heterocycles. The molecule has 0 aliphatic heterocycles. The van der Waals surface area contributed by atoms with E-state index in [-0.39, 0.29) is 0 Å². The molecule has 0 saturated carbocycles. The van der Waals surface area contributed by atoms with Gasteiger partial charge < -0.3 is 0 Å². The molecule has 3 heteroatoms. The summed E-state index contributed by atoms with van der Waals surface area (Å²) >= 11 is 5.59. The topological polar surface area (TPSA) is 12.9 Å².